The minimum atomic E-state index is 0.377. The minimum absolute atomic E-state index is 0.377. The Kier molecular flexibility index (Phi) is 4.11. The molecular weight excluding hydrogens is 276 g/mol. The molecule has 0 amide bonds. The largest absolute Gasteiger partial charge is 0.375 e. The molecule has 22 heavy (non-hydrogen) atoms. The van der Waals surface area contributed by atoms with Crippen molar-refractivity contribution in [3.05, 3.63) is 24.3 Å². The highest BCUT2D eigenvalue weighted by Crippen LogP contribution is 2.36. The van der Waals surface area contributed by atoms with Crippen LogP contribution in [0.25, 0.3) is 0 Å². The fraction of sp³-hybridized carbons (Fsp3) is 0.765. The number of fused-ring (bicyclic) bond motifs is 1. The van der Waals surface area contributed by atoms with Gasteiger partial charge in [0.1, 0.15) is 6.33 Å². The van der Waals surface area contributed by atoms with E-state index in [9.17, 15) is 0 Å². The van der Waals surface area contributed by atoms with Gasteiger partial charge in [0, 0.05) is 50.2 Å². The predicted octanol–water partition coefficient (Wildman–Crippen LogP) is 1.55. The summed E-state index contributed by atoms with van der Waals surface area (Å²) >= 11 is 0. The maximum atomic E-state index is 6.19. The molecule has 3 fully saturated rings. The quantitative estimate of drug-likeness (QED) is 0.825. The molecule has 0 unspecified atom stereocenters. The summed E-state index contributed by atoms with van der Waals surface area (Å²) in [6, 6.07) is 1.12. The molecule has 3 aliphatic rings. The van der Waals surface area contributed by atoms with Crippen molar-refractivity contribution in [2.45, 2.75) is 50.4 Å². The lowest BCUT2D eigenvalue weighted by Gasteiger charge is -2.34. The molecule has 1 aromatic rings. The fourth-order valence-corrected chi connectivity index (χ4v) is 4.07. The molecule has 2 saturated heterocycles. The average molecular weight is 302 g/mol. The highest BCUT2D eigenvalue weighted by molar-refractivity contribution is 5.06. The molecule has 2 aliphatic heterocycles. The molecule has 0 aromatic carbocycles. The van der Waals surface area contributed by atoms with Crippen LogP contribution in [0.1, 0.15) is 31.2 Å². The standard InChI is InChI=1S/C17H26N4O/c1-20(9-14-7-18-12-19-8-14)16-11-21(10-13-4-5-13)15-3-2-6-22-17(15)16/h7-8,12-13,15-17H,2-6,9-11H2,1H3/t15-,16-,17+/m1/s1. The number of hydrogen-bond donors (Lipinski definition) is 0. The summed E-state index contributed by atoms with van der Waals surface area (Å²) < 4.78 is 6.19. The highest BCUT2D eigenvalue weighted by Gasteiger charge is 2.46. The second kappa shape index (κ2) is 6.22. The normalized spacial score (nSPS) is 32.4. The Morgan fingerprint density at radius 2 is 2.09 bits per heavy atom. The van der Waals surface area contributed by atoms with Crippen LogP contribution in [0.3, 0.4) is 0 Å². The van der Waals surface area contributed by atoms with Gasteiger partial charge in [-0.15, -0.1) is 0 Å². The van der Waals surface area contributed by atoms with E-state index >= 15 is 0 Å². The first-order valence-corrected chi connectivity index (χ1v) is 8.61. The zero-order valence-electron chi connectivity index (χ0n) is 13.4. The number of likely N-dealkylation sites (tertiary alicyclic amines) is 1. The van der Waals surface area contributed by atoms with Crippen LogP contribution >= 0.6 is 0 Å². The van der Waals surface area contributed by atoms with Gasteiger partial charge in [0.25, 0.3) is 0 Å². The zero-order valence-corrected chi connectivity index (χ0v) is 13.4. The van der Waals surface area contributed by atoms with Crippen molar-refractivity contribution < 1.29 is 4.74 Å². The fourth-order valence-electron chi connectivity index (χ4n) is 4.07. The molecule has 0 bridgehead atoms. The summed E-state index contributed by atoms with van der Waals surface area (Å²) in [6.07, 6.45) is 11.2. The van der Waals surface area contributed by atoms with E-state index < -0.39 is 0 Å². The molecule has 0 spiro atoms. The van der Waals surface area contributed by atoms with Crippen LogP contribution in [-0.4, -0.2) is 64.7 Å². The number of hydrogen-bond acceptors (Lipinski definition) is 5. The van der Waals surface area contributed by atoms with Gasteiger partial charge in [-0.3, -0.25) is 9.80 Å². The van der Waals surface area contributed by atoms with Gasteiger partial charge in [0.05, 0.1) is 12.1 Å². The maximum absolute atomic E-state index is 6.19. The first-order chi connectivity index (χ1) is 10.8. The zero-order chi connectivity index (χ0) is 14.9. The Morgan fingerprint density at radius 3 is 2.86 bits per heavy atom. The second-order valence-corrected chi connectivity index (χ2v) is 7.17. The number of nitrogens with zero attached hydrogens (tertiary/aromatic N) is 4. The molecule has 0 radical (unpaired) electrons. The molecule has 0 N–H and O–H groups in total. The van der Waals surface area contributed by atoms with Crippen LogP contribution in [0.2, 0.25) is 0 Å². The third kappa shape index (κ3) is 3.03. The van der Waals surface area contributed by atoms with E-state index in [2.05, 4.69) is 26.8 Å². The van der Waals surface area contributed by atoms with Crippen LogP contribution in [0.15, 0.2) is 18.7 Å². The Labute approximate surface area is 132 Å². The maximum Gasteiger partial charge on any atom is 0.115 e. The second-order valence-electron chi connectivity index (χ2n) is 7.17. The number of ether oxygens (including phenoxy) is 1. The first-order valence-electron chi connectivity index (χ1n) is 8.61. The Hall–Kier alpha value is -1.04. The molecule has 1 aromatic heterocycles. The summed E-state index contributed by atoms with van der Waals surface area (Å²) in [5.41, 5.74) is 1.18. The lowest BCUT2D eigenvalue weighted by atomic mass is 10.00. The van der Waals surface area contributed by atoms with Gasteiger partial charge in [-0.05, 0) is 38.6 Å². The molecule has 3 atom stereocenters. The smallest absolute Gasteiger partial charge is 0.115 e. The third-order valence-electron chi connectivity index (χ3n) is 5.41. The minimum Gasteiger partial charge on any atom is -0.375 e. The van der Waals surface area contributed by atoms with E-state index in [0.717, 1.165) is 25.6 Å². The molecule has 4 rings (SSSR count). The monoisotopic (exact) mass is 302 g/mol. The molecule has 1 saturated carbocycles. The lowest BCUT2D eigenvalue weighted by Crippen LogP contribution is -2.46. The van der Waals surface area contributed by atoms with Crippen LogP contribution < -0.4 is 0 Å². The Bertz CT molecular complexity index is 493. The molecule has 3 heterocycles. The number of likely N-dealkylation sites (N-methyl/N-ethyl adjacent to an activating group) is 1. The van der Waals surface area contributed by atoms with Gasteiger partial charge in [-0.25, -0.2) is 9.97 Å². The van der Waals surface area contributed by atoms with E-state index in [-0.39, 0.29) is 0 Å². The third-order valence-corrected chi connectivity index (χ3v) is 5.41. The van der Waals surface area contributed by atoms with Crippen molar-refractivity contribution in [2.75, 3.05) is 26.7 Å². The number of rotatable bonds is 5. The van der Waals surface area contributed by atoms with E-state index in [1.165, 1.54) is 37.8 Å². The van der Waals surface area contributed by atoms with Crippen LogP contribution in [0, 0.1) is 5.92 Å². The van der Waals surface area contributed by atoms with Gasteiger partial charge in [-0.2, -0.15) is 0 Å². The van der Waals surface area contributed by atoms with Crippen molar-refractivity contribution in [1.82, 2.24) is 19.8 Å². The van der Waals surface area contributed by atoms with E-state index in [1.54, 1.807) is 6.33 Å². The predicted molar refractivity (Wildman–Crippen MR) is 84.3 cm³/mol. The van der Waals surface area contributed by atoms with Crippen molar-refractivity contribution in [2.24, 2.45) is 5.92 Å². The van der Waals surface area contributed by atoms with Gasteiger partial charge < -0.3 is 4.74 Å². The molecular formula is C17H26N4O. The SMILES string of the molecule is CN(Cc1cncnc1)[C@@H]1CN(CC2CC2)[C@@H]2CCCO[C@H]12. The van der Waals surface area contributed by atoms with Crippen molar-refractivity contribution >= 4 is 0 Å². The molecule has 1 aliphatic carbocycles. The summed E-state index contributed by atoms with van der Waals surface area (Å²) in [5.74, 6) is 0.953. The van der Waals surface area contributed by atoms with Crippen LogP contribution in [0.5, 0.6) is 0 Å². The summed E-state index contributed by atoms with van der Waals surface area (Å²) in [5, 5.41) is 0. The highest BCUT2D eigenvalue weighted by atomic mass is 16.5. The van der Waals surface area contributed by atoms with Crippen LogP contribution in [-0.2, 0) is 11.3 Å². The van der Waals surface area contributed by atoms with E-state index in [4.69, 9.17) is 4.74 Å². The van der Waals surface area contributed by atoms with Gasteiger partial charge in [0.2, 0.25) is 0 Å². The van der Waals surface area contributed by atoms with Gasteiger partial charge in [-0.1, -0.05) is 0 Å². The first kappa shape index (κ1) is 14.5. The Morgan fingerprint density at radius 1 is 1.27 bits per heavy atom. The number of aromatic nitrogens is 2. The van der Waals surface area contributed by atoms with Crippen molar-refractivity contribution in [3.8, 4) is 0 Å². The Balaban J connectivity index is 1.45. The van der Waals surface area contributed by atoms with Gasteiger partial charge >= 0.3 is 0 Å². The molecule has 5 nitrogen and oxygen atoms in total. The lowest BCUT2D eigenvalue weighted by molar-refractivity contribution is -0.0381. The van der Waals surface area contributed by atoms with Crippen LogP contribution in [0.4, 0.5) is 0 Å². The summed E-state index contributed by atoms with van der Waals surface area (Å²) in [4.78, 5) is 13.4. The van der Waals surface area contributed by atoms with Crippen molar-refractivity contribution in [1.29, 1.82) is 0 Å². The molecule has 120 valence electrons. The van der Waals surface area contributed by atoms with E-state index in [0.29, 0.717) is 18.2 Å². The summed E-state index contributed by atoms with van der Waals surface area (Å²) in [6.45, 7) is 4.26. The topological polar surface area (TPSA) is 41.5 Å². The molecule has 5 heteroatoms. The van der Waals surface area contributed by atoms with E-state index in [1.807, 2.05) is 12.4 Å². The van der Waals surface area contributed by atoms with Gasteiger partial charge in [0.15, 0.2) is 0 Å². The van der Waals surface area contributed by atoms with Crippen molar-refractivity contribution in [3.63, 3.8) is 0 Å². The summed E-state index contributed by atoms with van der Waals surface area (Å²) in [7, 11) is 2.22. The average Bonchev–Trinajstić information content (AvgIpc) is 3.29.